The Labute approximate surface area is 155 Å². The molecular formula is C18H22N4O5. The summed E-state index contributed by atoms with van der Waals surface area (Å²) in [4.78, 5) is 47.7. The summed E-state index contributed by atoms with van der Waals surface area (Å²) >= 11 is 0. The van der Waals surface area contributed by atoms with E-state index < -0.39 is 22.8 Å². The quantitative estimate of drug-likeness (QED) is 0.347. The fourth-order valence-electron chi connectivity index (χ4n) is 2.59. The van der Waals surface area contributed by atoms with Gasteiger partial charge >= 0.3 is 0 Å². The number of amides is 2. The zero-order valence-corrected chi connectivity index (χ0v) is 15.5. The molecule has 1 atom stereocenters. The molecule has 0 fully saturated rings. The van der Waals surface area contributed by atoms with E-state index in [2.05, 4.69) is 21.3 Å². The molecule has 5 N–H and O–H groups in total. The van der Waals surface area contributed by atoms with Gasteiger partial charge in [-0.15, -0.1) is 0 Å². The van der Waals surface area contributed by atoms with Crippen molar-refractivity contribution in [3.8, 4) is 5.75 Å². The van der Waals surface area contributed by atoms with Crippen molar-refractivity contribution >= 4 is 28.9 Å². The molecule has 2 aromatic rings. The van der Waals surface area contributed by atoms with Crippen LogP contribution >= 0.6 is 0 Å². The van der Waals surface area contributed by atoms with Gasteiger partial charge in [0, 0.05) is 14.1 Å². The molecule has 144 valence electrons. The molecule has 0 saturated carbocycles. The van der Waals surface area contributed by atoms with Crippen molar-refractivity contribution in [2.24, 2.45) is 5.92 Å². The van der Waals surface area contributed by atoms with Crippen molar-refractivity contribution in [1.82, 2.24) is 10.6 Å². The van der Waals surface area contributed by atoms with Crippen LogP contribution in [-0.4, -0.2) is 37.1 Å². The third-order valence-corrected chi connectivity index (χ3v) is 4.17. The lowest BCUT2D eigenvalue weighted by Gasteiger charge is -2.24. The highest BCUT2D eigenvalue weighted by molar-refractivity contribution is 5.99. The average molecular weight is 374 g/mol. The number of para-hydroxylation sites is 1. The van der Waals surface area contributed by atoms with E-state index in [1.54, 1.807) is 13.8 Å². The molecule has 9 heteroatoms. The van der Waals surface area contributed by atoms with Crippen LogP contribution in [0.2, 0.25) is 0 Å². The van der Waals surface area contributed by atoms with Gasteiger partial charge in [0.1, 0.15) is 17.4 Å². The summed E-state index contributed by atoms with van der Waals surface area (Å²) in [6.07, 6.45) is 0. The Morgan fingerprint density at radius 1 is 1.00 bits per heavy atom. The largest absolute Gasteiger partial charge is 0.505 e. The van der Waals surface area contributed by atoms with Crippen LogP contribution in [0, 0.1) is 5.92 Å². The maximum absolute atomic E-state index is 12.0. The highest BCUT2D eigenvalue weighted by Crippen LogP contribution is 2.31. The van der Waals surface area contributed by atoms with Gasteiger partial charge in [0.05, 0.1) is 11.3 Å². The number of phenols is 1. The second-order valence-corrected chi connectivity index (χ2v) is 6.29. The van der Waals surface area contributed by atoms with Crippen molar-refractivity contribution < 1.29 is 14.7 Å². The van der Waals surface area contributed by atoms with Crippen molar-refractivity contribution in [3.05, 3.63) is 44.2 Å². The number of nitrogens with one attached hydrogen (secondary N) is 4. The minimum atomic E-state index is -0.776. The predicted molar refractivity (Wildman–Crippen MR) is 102 cm³/mol. The number of phenolic OH excluding ortho intramolecular Hbond substituents is 1. The minimum absolute atomic E-state index is 0.0149. The lowest BCUT2D eigenvalue weighted by Crippen LogP contribution is -2.46. The van der Waals surface area contributed by atoms with E-state index in [-0.39, 0.29) is 40.2 Å². The van der Waals surface area contributed by atoms with Gasteiger partial charge in [0.25, 0.3) is 16.8 Å². The van der Waals surface area contributed by atoms with Crippen LogP contribution in [0.3, 0.4) is 0 Å². The molecule has 2 amide bonds. The molecule has 27 heavy (non-hydrogen) atoms. The molecule has 0 aliphatic heterocycles. The Hall–Kier alpha value is -3.36. The molecule has 0 heterocycles. The lowest BCUT2D eigenvalue weighted by atomic mass is 10.0. The number of rotatable bonds is 7. The molecule has 0 saturated heterocycles. The second kappa shape index (κ2) is 7.90. The van der Waals surface area contributed by atoms with E-state index in [0.29, 0.717) is 0 Å². The Morgan fingerprint density at radius 2 is 1.63 bits per heavy atom. The number of anilines is 3. The van der Waals surface area contributed by atoms with Crippen LogP contribution in [0.25, 0.3) is 0 Å². The Bertz CT molecular complexity index is 944. The summed E-state index contributed by atoms with van der Waals surface area (Å²) < 4.78 is 0. The summed E-state index contributed by atoms with van der Waals surface area (Å²) in [6.45, 7) is 3.59. The zero-order valence-electron chi connectivity index (χ0n) is 15.5. The summed E-state index contributed by atoms with van der Waals surface area (Å²) in [5, 5.41) is 20.6. The number of hydrogen-bond acceptors (Lipinski definition) is 7. The number of carbonyl (C=O) groups excluding carboxylic acids is 2. The van der Waals surface area contributed by atoms with E-state index in [9.17, 15) is 24.3 Å². The van der Waals surface area contributed by atoms with Crippen LogP contribution in [0.4, 0.5) is 17.1 Å². The molecule has 9 nitrogen and oxygen atoms in total. The van der Waals surface area contributed by atoms with Gasteiger partial charge in [-0.3, -0.25) is 19.2 Å². The topological polar surface area (TPSA) is 137 Å². The average Bonchev–Trinajstić information content (AvgIpc) is 2.66. The second-order valence-electron chi connectivity index (χ2n) is 6.29. The smallest absolute Gasteiger partial charge is 0.254 e. The van der Waals surface area contributed by atoms with Gasteiger partial charge in [-0.2, -0.15) is 0 Å². The van der Waals surface area contributed by atoms with Crippen LogP contribution < -0.4 is 32.1 Å². The third kappa shape index (κ3) is 3.76. The first-order valence-electron chi connectivity index (χ1n) is 8.35. The van der Waals surface area contributed by atoms with Crippen molar-refractivity contribution in [3.63, 3.8) is 0 Å². The third-order valence-electron chi connectivity index (χ3n) is 4.17. The first-order valence-corrected chi connectivity index (χ1v) is 8.35. The van der Waals surface area contributed by atoms with Crippen molar-refractivity contribution in [2.45, 2.75) is 19.9 Å². The highest BCUT2D eigenvalue weighted by Gasteiger charge is 2.28. The number of hydrogen-bond donors (Lipinski definition) is 5. The van der Waals surface area contributed by atoms with Crippen LogP contribution in [0.1, 0.15) is 24.2 Å². The van der Waals surface area contributed by atoms with Gasteiger partial charge in [-0.05, 0) is 18.1 Å². The van der Waals surface area contributed by atoms with Crippen LogP contribution in [-0.2, 0) is 4.79 Å². The molecule has 0 radical (unpaired) electrons. The first-order chi connectivity index (χ1) is 12.7. The van der Waals surface area contributed by atoms with Crippen molar-refractivity contribution in [2.75, 3.05) is 24.7 Å². The summed E-state index contributed by atoms with van der Waals surface area (Å²) in [6, 6.07) is 3.68. The number of benzene rings is 1. The fourth-order valence-corrected chi connectivity index (χ4v) is 2.59. The molecule has 2 rings (SSSR count). The number of carbonyl (C=O) groups is 2. The Kier molecular flexibility index (Phi) is 5.84. The normalized spacial score (nSPS) is 11.9. The van der Waals surface area contributed by atoms with Gasteiger partial charge in [-0.25, -0.2) is 0 Å². The van der Waals surface area contributed by atoms with E-state index in [1.165, 1.54) is 32.3 Å². The lowest BCUT2D eigenvalue weighted by molar-refractivity contribution is -0.122. The van der Waals surface area contributed by atoms with Gasteiger partial charge in [0.2, 0.25) is 5.91 Å². The SMILES string of the molecule is CNC(=O)c1cccc(Nc2c(N[C@@H](C(=O)NC)C(C)C)c(=O)c2=O)c1O. The standard InChI is InChI=1S/C18H22N4O5/c1-8(2)11(18(27)20-4)22-13-12(15(24)16(13)25)21-10-7-5-6-9(14(10)23)17(26)19-3/h5-8,11,21-23H,1-4H3,(H,19,26)(H,20,27)/t11-/m1/s1. The first kappa shape index (κ1) is 20.0. The molecule has 0 aliphatic rings. The van der Waals surface area contributed by atoms with Gasteiger partial charge in [0.15, 0.2) is 5.75 Å². The maximum Gasteiger partial charge on any atom is 0.254 e. The summed E-state index contributed by atoms with van der Waals surface area (Å²) in [5.74, 6) is -1.33. The monoisotopic (exact) mass is 374 g/mol. The van der Waals surface area contributed by atoms with Crippen LogP contribution in [0.5, 0.6) is 5.75 Å². The Balaban J connectivity index is 2.37. The molecule has 2 aromatic carbocycles. The van der Waals surface area contributed by atoms with Gasteiger partial charge in [-0.1, -0.05) is 19.9 Å². The van der Waals surface area contributed by atoms with Gasteiger partial charge < -0.3 is 26.4 Å². The van der Waals surface area contributed by atoms with E-state index in [0.717, 1.165) is 0 Å². The maximum atomic E-state index is 12.0. The summed E-state index contributed by atoms with van der Waals surface area (Å²) in [5.41, 5.74) is -1.53. The van der Waals surface area contributed by atoms with E-state index >= 15 is 0 Å². The molecular weight excluding hydrogens is 352 g/mol. The number of aromatic hydroxyl groups is 1. The molecule has 0 bridgehead atoms. The Morgan fingerprint density at radius 3 is 2.19 bits per heavy atom. The molecule has 0 aliphatic carbocycles. The van der Waals surface area contributed by atoms with E-state index in [4.69, 9.17) is 0 Å². The number of likely N-dealkylation sites (N-methyl/N-ethyl adjacent to an activating group) is 1. The van der Waals surface area contributed by atoms with Crippen molar-refractivity contribution in [1.29, 1.82) is 0 Å². The fraction of sp³-hybridized carbons (Fsp3) is 0.333. The minimum Gasteiger partial charge on any atom is -0.505 e. The zero-order chi connectivity index (χ0) is 20.3. The highest BCUT2D eigenvalue weighted by atomic mass is 16.3. The predicted octanol–water partition coefficient (Wildman–Crippen LogP) is 0.274. The summed E-state index contributed by atoms with van der Waals surface area (Å²) in [7, 11) is 2.90. The molecule has 0 unspecified atom stereocenters. The van der Waals surface area contributed by atoms with Crippen LogP contribution in [0.15, 0.2) is 27.8 Å². The molecule has 0 aromatic heterocycles. The molecule has 0 spiro atoms. The van der Waals surface area contributed by atoms with E-state index in [1.807, 2.05) is 0 Å².